The number of hydrogen-bond acceptors (Lipinski definition) is 3. The van der Waals surface area contributed by atoms with Crippen LogP contribution in [-0.2, 0) is 16.1 Å². The molecule has 0 fully saturated rings. The van der Waals surface area contributed by atoms with Gasteiger partial charge in [0, 0.05) is 18.0 Å². The molecule has 2 N–H and O–H groups in total. The summed E-state index contributed by atoms with van der Waals surface area (Å²) in [5, 5.41) is 11.8. The van der Waals surface area contributed by atoms with Gasteiger partial charge in [-0.15, -0.1) is 0 Å². The molecule has 2 aromatic carbocycles. The number of amides is 1. The van der Waals surface area contributed by atoms with Gasteiger partial charge in [0.25, 0.3) is 0 Å². The summed E-state index contributed by atoms with van der Waals surface area (Å²) in [4.78, 5) is 27.9. The molecule has 0 unspecified atom stereocenters. The zero-order valence-electron chi connectivity index (χ0n) is 14.4. The maximum Gasteiger partial charge on any atom is 0.305 e. The largest absolute Gasteiger partial charge is 0.481 e. The third kappa shape index (κ3) is 4.78. The molecule has 0 bridgehead atoms. The van der Waals surface area contributed by atoms with Gasteiger partial charge in [0.2, 0.25) is 5.91 Å². The topological polar surface area (TPSA) is 84.2 Å². The summed E-state index contributed by atoms with van der Waals surface area (Å²) in [5.41, 5.74) is 1.40. The molecule has 3 aromatic rings. The number of benzene rings is 2. The van der Waals surface area contributed by atoms with Crippen LogP contribution in [-0.4, -0.2) is 26.5 Å². The molecule has 6 nitrogen and oxygen atoms in total. The molecule has 0 aliphatic rings. The van der Waals surface area contributed by atoms with Gasteiger partial charge >= 0.3 is 5.97 Å². The molecule has 0 saturated heterocycles. The second-order valence-corrected chi connectivity index (χ2v) is 6.01. The van der Waals surface area contributed by atoms with Crippen molar-refractivity contribution < 1.29 is 19.1 Å². The Kier molecular flexibility index (Phi) is 5.61. The van der Waals surface area contributed by atoms with Gasteiger partial charge < -0.3 is 15.0 Å². The van der Waals surface area contributed by atoms with Crippen LogP contribution in [0.1, 0.15) is 18.0 Å². The van der Waals surface area contributed by atoms with Crippen molar-refractivity contribution in [3.05, 3.63) is 78.4 Å². The van der Waals surface area contributed by atoms with Crippen molar-refractivity contribution in [3.8, 4) is 11.4 Å². The Hall–Kier alpha value is -3.48. The quantitative estimate of drug-likeness (QED) is 0.672. The van der Waals surface area contributed by atoms with Gasteiger partial charge in [0.15, 0.2) is 0 Å². The lowest BCUT2D eigenvalue weighted by molar-refractivity contribution is -0.137. The monoisotopic (exact) mass is 367 g/mol. The van der Waals surface area contributed by atoms with Crippen LogP contribution >= 0.6 is 0 Å². The summed E-state index contributed by atoms with van der Waals surface area (Å²) < 4.78 is 14.8. The van der Waals surface area contributed by atoms with Gasteiger partial charge in [0.05, 0.1) is 12.5 Å². The Morgan fingerprint density at radius 1 is 1.11 bits per heavy atom. The lowest BCUT2D eigenvalue weighted by atomic mass is 10.0. The minimum atomic E-state index is -1.06. The van der Waals surface area contributed by atoms with Crippen LogP contribution in [0.5, 0.6) is 0 Å². The van der Waals surface area contributed by atoms with Crippen LogP contribution in [0.15, 0.2) is 67.0 Å². The van der Waals surface area contributed by atoms with Gasteiger partial charge in [-0.05, 0) is 17.7 Å². The van der Waals surface area contributed by atoms with E-state index in [1.807, 2.05) is 30.3 Å². The Morgan fingerprint density at radius 3 is 2.48 bits per heavy atom. The van der Waals surface area contributed by atoms with Gasteiger partial charge in [-0.25, -0.2) is 9.37 Å². The molecule has 0 aliphatic carbocycles. The van der Waals surface area contributed by atoms with Crippen molar-refractivity contribution in [1.29, 1.82) is 0 Å². The minimum Gasteiger partial charge on any atom is -0.481 e. The number of rotatable bonds is 7. The van der Waals surface area contributed by atoms with Crippen LogP contribution in [0.2, 0.25) is 0 Å². The minimum absolute atomic E-state index is 0.0124. The standard InChI is InChI=1S/C20H18FN3O3/c21-16-8-6-14(7-9-16)17(12-19(26)27)23-18(25)13-24-11-10-22-20(24)15-4-2-1-3-5-15/h1-11,17H,12-13H2,(H,23,25)(H,26,27)/t17-/m0/s1. The highest BCUT2D eigenvalue weighted by molar-refractivity contribution is 5.78. The number of imidazole rings is 1. The van der Waals surface area contributed by atoms with Crippen molar-refractivity contribution in [3.63, 3.8) is 0 Å². The fourth-order valence-electron chi connectivity index (χ4n) is 2.80. The van der Waals surface area contributed by atoms with Crippen molar-refractivity contribution in [2.24, 2.45) is 0 Å². The van der Waals surface area contributed by atoms with E-state index in [0.29, 0.717) is 11.4 Å². The number of carboxylic acid groups (broad SMARTS) is 1. The third-order valence-corrected chi connectivity index (χ3v) is 4.05. The van der Waals surface area contributed by atoms with E-state index in [1.165, 1.54) is 24.3 Å². The molecule has 1 aromatic heterocycles. The summed E-state index contributed by atoms with van der Waals surface area (Å²) in [5.74, 6) is -1.20. The summed E-state index contributed by atoms with van der Waals surface area (Å²) in [7, 11) is 0. The molecule has 1 amide bonds. The Bertz CT molecular complexity index is 923. The molecule has 1 heterocycles. The zero-order chi connectivity index (χ0) is 19.2. The zero-order valence-corrected chi connectivity index (χ0v) is 14.4. The molecule has 0 spiro atoms. The summed E-state index contributed by atoms with van der Waals surface area (Å²) >= 11 is 0. The fraction of sp³-hybridized carbons (Fsp3) is 0.150. The van der Waals surface area contributed by atoms with E-state index in [2.05, 4.69) is 10.3 Å². The van der Waals surface area contributed by atoms with E-state index in [9.17, 15) is 14.0 Å². The first-order chi connectivity index (χ1) is 13.0. The number of nitrogens with one attached hydrogen (secondary N) is 1. The van der Waals surface area contributed by atoms with Crippen LogP contribution < -0.4 is 5.32 Å². The van der Waals surface area contributed by atoms with Crippen molar-refractivity contribution in [2.75, 3.05) is 0 Å². The first-order valence-corrected chi connectivity index (χ1v) is 8.36. The van der Waals surface area contributed by atoms with Gasteiger partial charge in [0.1, 0.15) is 18.2 Å². The first kappa shape index (κ1) is 18.3. The van der Waals surface area contributed by atoms with E-state index in [-0.39, 0.29) is 18.9 Å². The van der Waals surface area contributed by atoms with Gasteiger partial charge in [-0.3, -0.25) is 9.59 Å². The van der Waals surface area contributed by atoms with Crippen LogP contribution in [0.25, 0.3) is 11.4 Å². The molecule has 0 radical (unpaired) electrons. The second-order valence-electron chi connectivity index (χ2n) is 6.01. The normalized spacial score (nSPS) is 11.7. The van der Waals surface area contributed by atoms with Gasteiger partial charge in [-0.2, -0.15) is 0 Å². The second kappa shape index (κ2) is 8.27. The molecule has 7 heteroatoms. The predicted molar refractivity (Wildman–Crippen MR) is 97.2 cm³/mol. The summed E-state index contributed by atoms with van der Waals surface area (Å²) in [6.07, 6.45) is 2.99. The number of halogens is 1. The lowest BCUT2D eigenvalue weighted by Gasteiger charge is -2.18. The maximum absolute atomic E-state index is 13.1. The number of carboxylic acids is 1. The molecule has 27 heavy (non-hydrogen) atoms. The van der Waals surface area contributed by atoms with E-state index >= 15 is 0 Å². The number of aliphatic carboxylic acids is 1. The predicted octanol–water partition coefficient (Wildman–Crippen LogP) is 3.02. The molecular formula is C20H18FN3O3. The summed E-state index contributed by atoms with van der Waals surface area (Å²) in [6.45, 7) is -0.0124. The van der Waals surface area contributed by atoms with Crippen molar-refractivity contribution in [2.45, 2.75) is 19.0 Å². The SMILES string of the molecule is O=C(O)C[C@H](NC(=O)Cn1ccnc1-c1ccccc1)c1ccc(F)cc1. The highest BCUT2D eigenvalue weighted by Gasteiger charge is 2.19. The Morgan fingerprint density at radius 2 is 1.81 bits per heavy atom. The highest BCUT2D eigenvalue weighted by Crippen LogP contribution is 2.19. The third-order valence-electron chi connectivity index (χ3n) is 4.05. The molecule has 0 saturated carbocycles. The van der Waals surface area contributed by atoms with E-state index < -0.39 is 17.8 Å². The van der Waals surface area contributed by atoms with Crippen molar-refractivity contribution in [1.82, 2.24) is 14.9 Å². The fourth-order valence-corrected chi connectivity index (χ4v) is 2.80. The number of aromatic nitrogens is 2. The maximum atomic E-state index is 13.1. The molecule has 0 aliphatic heterocycles. The number of hydrogen-bond donors (Lipinski definition) is 2. The lowest BCUT2D eigenvalue weighted by Crippen LogP contribution is -2.33. The summed E-state index contributed by atoms with van der Waals surface area (Å²) in [6, 6.07) is 14.1. The van der Waals surface area contributed by atoms with E-state index in [0.717, 1.165) is 5.56 Å². The van der Waals surface area contributed by atoms with E-state index in [4.69, 9.17) is 5.11 Å². The number of nitrogens with zero attached hydrogens (tertiary/aromatic N) is 2. The molecule has 138 valence electrons. The molecular weight excluding hydrogens is 349 g/mol. The van der Waals surface area contributed by atoms with Crippen LogP contribution in [0.4, 0.5) is 4.39 Å². The van der Waals surface area contributed by atoms with Gasteiger partial charge in [-0.1, -0.05) is 42.5 Å². The van der Waals surface area contributed by atoms with Crippen LogP contribution in [0, 0.1) is 5.82 Å². The van der Waals surface area contributed by atoms with E-state index in [1.54, 1.807) is 17.0 Å². The smallest absolute Gasteiger partial charge is 0.305 e. The molecule has 1 atom stereocenters. The highest BCUT2D eigenvalue weighted by atomic mass is 19.1. The average Bonchev–Trinajstić information content (AvgIpc) is 3.10. The number of carbonyl (C=O) groups excluding carboxylic acids is 1. The Labute approximate surface area is 155 Å². The van der Waals surface area contributed by atoms with Crippen LogP contribution in [0.3, 0.4) is 0 Å². The first-order valence-electron chi connectivity index (χ1n) is 8.36. The average molecular weight is 367 g/mol. The van der Waals surface area contributed by atoms with Crippen molar-refractivity contribution >= 4 is 11.9 Å². The molecule has 3 rings (SSSR count). The Balaban J connectivity index is 1.74. The number of carbonyl (C=O) groups is 2.